The molecule has 3 heterocycles. The van der Waals surface area contributed by atoms with Gasteiger partial charge in [-0.2, -0.15) is 5.10 Å². The van der Waals surface area contributed by atoms with Crippen LogP contribution in [0.2, 0.25) is 0 Å². The Balaban J connectivity index is 1.62. The average Bonchev–Trinajstić information content (AvgIpc) is 3.07. The summed E-state index contributed by atoms with van der Waals surface area (Å²) < 4.78 is 7.36. The first-order valence-corrected chi connectivity index (χ1v) is 8.23. The van der Waals surface area contributed by atoms with Gasteiger partial charge >= 0.3 is 0 Å². The van der Waals surface area contributed by atoms with Gasteiger partial charge in [-0.25, -0.2) is 4.98 Å². The van der Waals surface area contributed by atoms with Gasteiger partial charge in [-0.1, -0.05) is 0 Å². The molecule has 6 nitrogen and oxygen atoms in total. The van der Waals surface area contributed by atoms with E-state index in [4.69, 9.17) is 4.74 Å². The van der Waals surface area contributed by atoms with Crippen molar-refractivity contribution in [2.75, 3.05) is 36.5 Å². The fraction of sp³-hybridized carbons (Fsp3) is 0.529. The number of aromatic nitrogens is 3. The predicted molar refractivity (Wildman–Crippen MR) is 91.9 cm³/mol. The van der Waals surface area contributed by atoms with Crippen LogP contribution in [-0.4, -0.2) is 41.1 Å². The summed E-state index contributed by atoms with van der Waals surface area (Å²) >= 11 is 0. The molecule has 1 saturated heterocycles. The minimum Gasteiger partial charge on any atom is -0.378 e. The van der Waals surface area contributed by atoms with Gasteiger partial charge in [-0.3, -0.25) is 4.68 Å². The summed E-state index contributed by atoms with van der Waals surface area (Å²) in [6.07, 6.45) is 5.92. The zero-order chi connectivity index (χ0) is 16.2. The Kier molecular flexibility index (Phi) is 4.81. The molecule has 23 heavy (non-hydrogen) atoms. The zero-order valence-electron chi connectivity index (χ0n) is 14.1. The molecular formula is C17H25N5O. The van der Waals surface area contributed by atoms with Gasteiger partial charge in [0, 0.05) is 30.9 Å². The van der Waals surface area contributed by atoms with E-state index >= 15 is 0 Å². The number of rotatable bonds is 5. The number of nitrogens with one attached hydrogen (secondary N) is 1. The Labute approximate surface area is 137 Å². The van der Waals surface area contributed by atoms with Gasteiger partial charge in [0.2, 0.25) is 0 Å². The number of anilines is 2. The molecule has 1 aliphatic rings. The number of hydrogen-bond acceptors (Lipinski definition) is 5. The quantitative estimate of drug-likeness (QED) is 0.919. The number of hydrogen-bond donors (Lipinski definition) is 1. The molecule has 2 aromatic rings. The van der Waals surface area contributed by atoms with Crippen LogP contribution < -0.4 is 10.2 Å². The van der Waals surface area contributed by atoms with Crippen LogP contribution >= 0.6 is 0 Å². The highest BCUT2D eigenvalue weighted by molar-refractivity contribution is 5.49. The predicted octanol–water partition coefficient (Wildman–Crippen LogP) is 2.87. The van der Waals surface area contributed by atoms with E-state index in [0.717, 1.165) is 37.8 Å². The van der Waals surface area contributed by atoms with E-state index in [0.29, 0.717) is 6.04 Å². The van der Waals surface area contributed by atoms with Gasteiger partial charge in [0.1, 0.15) is 5.82 Å². The van der Waals surface area contributed by atoms with Gasteiger partial charge in [0.25, 0.3) is 0 Å². The number of morpholine rings is 1. The molecule has 0 spiro atoms. The lowest BCUT2D eigenvalue weighted by Gasteiger charge is -2.27. The average molecular weight is 315 g/mol. The fourth-order valence-electron chi connectivity index (χ4n) is 2.64. The second-order valence-corrected chi connectivity index (χ2v) is 6.22. The molecule has 0 saturated carbocycles. The maximum absolute atomic E-state index is 5.38. The van der Waals surface area contributed by atoms with Crippen molar-refractivity contribution >= 4 is 11.5 Å². The second-order valence-electron chi connectivity index (χ2n) is 6.22. The number of nitrogens with zero attached hydrogens (tertiary/aromatic N) is 4. The highest BCUT2D eigenvalue weighted by Gasteiger charge is 2.13. The zero-order valence-corrected chi connectivity index (χ0v) is 14.1. The fourth-order valence-corrected chi connectivity index (χ4v) is 2.64. The van der Waals surface area contributed by atoms with Crippen LogP contribution in [0.25, 0.3) is 0 Å². The van der Waals surface area contributed by atoms with Crippen LogP contribution in [-0.2, 0) is 4.74 Å². The van der Waals surface area contributed by atoms with E-state index in [9.17, 15) is 0 Å². The van der Waals surface area contributed by atoms with E-state index in [-0.39, 0.29) is 6.04 Å². The first kappa shape index (κ1) is 15.8. The summed E-state index contributed by atoms with van der Waals surface area (Å²) in [7, 11) is 0. The van der Waals surface area contributed by atoms with Crippen LogP contribution in [0.5, 0.6) is 0 Å². The van der Waals surface area contributed by atoms with Crippen molar-refractivity contribution in [3.8, 4) is 0 Å². The monoisotopic (exact) mass is 315 g/mol. The highest BCUT2D eigenvalue weighted by Crippen LogP contribution is 2.21. The summed E-state index contributed by atoms with van der Waals surface area (Å²) in [6.45, 7) is 9.76. The normalized spacial score (nSPS) is 16.6. The van der Waals surface area contributed by atoms with Gasteiger partial charge in [0.05, 0.1) is 37.3 Å². The Morgan fingerprint density at radius 3 is 2.52 bits per heavy atom. The Hall–Kier alpha value is -2.08. The minimum absolute atomic E-state index is 0.193. The van der Waals surface area contributed by atoms with Crippen LogP contribution in [0.4, 0.5) is 11.5 Å². The van der Waals surface area contributed by atoms with Crippen molar-refractivity contribution in [3.63, 3.8) is 0 Å². The van der Waals surface area contributed by atoms with Gasteiger partial charge in [-0.05, 0) is 32.9 Å². The first-order chi connectivity index (χ1) is 11.1. The highest BCUT2D eigenvalue weighted by atomic mass is 16.5. The summed E-state index contributed by atoms with van der Waals surface area (Å²) in [5.74, 6) is 1.01. The van der Waals surface area contributed by atoms with E-state index in [2.05, 4.69) is 59.4 Å². The van der Waals surface area contributed by atoms with Gasteiger partial charge in [-0.15, -0.1) is 0 Å². The molecule has 0 unspecified atom stereocenters. The molecule has 0 aliphatic carbocycles. The third-order valence-electron chi connectivity index (χ3n) is 4.12. The summed E-state index contributed by atoms with van der Waals surface area (Å²) in [5, 5.41) is 7.88. The van der Waals surface area contributed by atoms with Gasteiger partial charge in [0.15, 0.2) is 0 Å². The van der Waals surface area contributed by atoms with E-state index in [1.54, 1.807) is 0 Å². The van der Waals surface area contributed by atoms with Gasteiger partial charge < -0.3 is 15.0 Å². The molecule has 1 N–H and O–H groups in total. The van der Waals surface area contributed by atoms with Crippen molar-refractivity contribution in [1.29, 1.82) is 0 Å². The smallest absolute Gasteiger partial charge is 0.128 e. The van der Waals surface area contributed by atoms with Crippen molar-refractivity contribution in [2.45, 2.75) is 32.9 Å². The van der Waals surface area contributed by atoms with Crippen LogP contribution in [0.15, 0.2) is 30.7 Å². The summed E-state index contributed by atoms with van der Waals surface area (Å²) in [5.41, 5.74) is 2.20. The largest absolute Gasteiger partial charge is 0.378 e. The molecule has 124 valence electrons. The first-order valence-electron chi connectivity index (χ1n) is 8.23. The summed E-state index contributed by atoms with van der Waals surface area (Å²) in [4.78, 5) is 6.82. The maximum atomic E-state index is 5.38. The molecule has 0 radical (unpaired) electrons. The molecular weight excluding hydrogens is 290 g/mol. The van der Waals surface area contributed by atoms with Crippen molar-refractivity contribution in [2.24, 2.45) is 0 Å². The third kappa shape index (κ3) is 3.82. The maximum Gasteiger partial charge on any atom is 0.128 e. The van der Waals surface area contributed by atoms with Crippen LogP contribution in [0, 0.1) is 0 Å². The molecule has 2 aromatic heterocycles. The Bertz CT molecular complexity index is 616. The van der Waals surface area contributed by atoms with E-state index in [1.165, 1.54) is 5.56 Å². The lowest BCUT2D eigenvalue weighted by molar-refractivity contribution is 0.122. The van der Waals surface area contributed by atoms with Crippen molar-refractivity contribution in [1.82, 2.24) is 14.8 Å². The molecule has 0 amide bonds. The molecule has 6 heteroatoms. The second kappa shape index (κ2) is 7.00. The summed E-state index contributed by atoms with van der Waals surface area (Å²) in [6, 6.07) is 4.72. The molecule has 1 atom stereocenters. The topological polar surface area (TPSA) is 55.2 Å². The van der Waals surface area contributed by atoms with E-state index < -0.39 is 0 Å². The number of pyridine rings is 1. The third-order valence-corrected chi connectivity index (χ3v) is 4.12. The molecule has 3 rings (SSSR count). The SMILES string of the molecule is CC(C)n1cc([C@@H](C)Nc2ccc(N3CCOCC3)nc2)cn1. The molecule has 1 fully saturated rings. The minimum atomic E-state index is 0.193. The van der Waals surface area contributed by atoms with Crippen LogP contribution in [0.1, 0.15) is 38.4 Å². The lowest BCUT2D eigenvalue weighted by Crippen LogP contribution is -2.36. The Morgan fingerprint density at radius 2 is 1.91 bits per heavy atom. The lowest BCUT2D eigenvalue weighted by atomic mass is 10.2. The van der Waals surface area contributed by atoms with Crippen molar-refractivity contribution < 1.29 is 4.74 Å². The van der Waals surface area contributed by atoms with E-state index in [1.807, 2.05) is 17.1 Å². The number of ether oxygens (including phenoxy) is 1. The molecule has 0 bridgehead atoms. The molecule has 0 aromatic carbocycles. The Morgan fingerprint density at radius 1 is 1.13 bits per heavy atom. The molecule has 1 aliphatic heterocycles. The van der Waals surface area contributed by atoms with Crippen LogP contribution in [0.3, 0.4) is 0 Å². The van der Waals surface area contributed by atoms with Crippen molar-refractivity contribution in [3.05, 3.63) is 36.3 Å². The standard InChI is InChI=1S/C17H25N5O/c1-13(2)22-12-15(10-19-22)14(3)20-16-4-5-17(18-11-16)21-6-8-23-9-7-21/h4-5,10-14,20H,6-9H2,1-3H3/t14-/m1/s1.